The van der Waals surface area contributed by atoms with Gasteiger partial charge in [-0.15, -0.1) is 0 Å². The average molecular weight is 196 g/mol. The number of rotatable bonds is 5. The van der Waals surface area contributed by atoms with Crippen molar-refractivity contribution in [3.05, 3.63) is 0 Å². The molecular formula is C12H24N2. The Hall–Kier alpha value is -0.0800. The lowest BCUT2D eigenvalue weighted by Gasteiger charge is -2.27. The molecule has 0 bridgehead atoms. The van der Waals surface area contributed by atoms with Crippen LogP contribution in [0.1, 0.15) is 51.4 Å². The van der Waals surface area contributed by atoms with Gasteiger partial charge in [-0.05, 0) is 44.6 Å². The summed E-state index contributed by atoms with van der Waals surface area (Å²) >= 11 is 0. The highest BCUT2D eigenvalue weighted by molar-refractivity contribution is 4.80. The van der Waals surface area contributed by atoms with E-state index < -0.39 is 0 Å². The maximum atomic E-state index is 5.95. The molecule has 0 saturated heterocycles. The quantitative estimate of drug-likeness (QED) is 0.660. The molecule has 2 unspecified atom stereocenters. The summed E-state index contributed by atoms with van der Waals surface area (Å²) < 4.78 is 0. The third-order valence-electron chi connectivity index (χ3n) is 3.63. The molecule has 14 heavy (non-hydrogen) atoms. The summed E-state index contributed by atoms with van der Waals surface area (Å²) in [5.74, 6) is 1.09. The zero-order valence-corrected chi connectivity index (χ0v) is 9.17. The van der Waals surface area contributed by atoms with Crippen LogP contribution in [0.25, 0.3) is 0 Å². The Morgan fingerprint density at radius 1 is 1.14 bits per heavy atom. The number of nitrogens with two attached hydrogens (primary N) is 1. The summed E-state index contributed by atoms with van der Waals surface area (Å²) in [6, 6.07) is 1.18. The molecule has 2 fully saturated rings. The molecule has 0 aromatic heterocycles. The first-order chi connectivity index (χ1) is 6.84. The highest BCUT2D eigenvalue weighted by atomic mass is 14.9. The Balaban J connectivity index is 1.50. The highest BCUT2D eigenvalue weighted by Crippen LogP contribution is 2.33. The normalized spacial score (nSPS) is 33.2. The minimum absolute atomic E-state index is 0.463. The van der Waals surface area contributed by atoms with Crippen molar-refractivity contribution in [3.8, 4) is 0 Å². The molecule has 0 aromatic carbocycles. The van der Waals surface area contributed by atoms with Crippen LogP contribution >= 0.6 is 0 Å². The van der Waals surface area contributed by atoms with Crippen molar-refractivity contribution in [1.29, 1.82) is 0 Å². The molecule has 3 N–H and O–H groups in total. The average Bonchev–Trinajstić information content (AvgIpc) is 2.96. The van der Waals surface area contributed by atoms with Crippen LogP contribution in [0.5, 0.6) is 0 Å². The molecule has 0 heterocycles. The second-order valence-corrected chi connectivity index (χ2v) is 5.16. The minimum Gasteiger partial charge on any atom is -0.328 e. The summed E-state index contributed by atoms with van der Waals surface area (Å²) in [6.07, 6.45) is 10.9. The summed E-state index contributed by atoms with van der Waals surface area (Å²) in [7, 11) is 0. The molecule has 2 saturated carbocycles. The molecule has 2 nitrogen and oxygen atoms in total. The molecule has 2 heteroatoms. The van der Waals surface area contributed by atoms with E-state index in [-0.39, 0.29) is 0 Å². The number of hydrogen-bond acceptors (Lipinski definition) is 2. The summed E-state index contributed by atoms with van der Waals surface area (Å²) in [4.78, 5) is 0. The van der Waals surface area contributed by atoms with Crippen LogP contribution in [0.3, 0.4) is 0 Å². The van der Waals surface area contributed by atoms with Gasteiger partial charge in [0.1, 0.15) is 0 Å². The maximum Gasteiger partial charge on any atom is 0.00818 e. The van der Waals surface area contributed by atoms with Crippen molar-refractivity contribution in [2.75, 3.05) is 6.54 Å². The van der Waals surface area contributed by atoms with E-state index in [1.165, 1.54) is 57.9 Å². The topological polar surface area (TPSA) is 38.0 Å². The van der Waals surface area contributed by atoms with Crippen LogP contribution < -0.4 is 11.1 Å². The largest absolute Gasteiger partial charge is 0.328 e. The Labute approximate surface area is 87.6 Å². The molecule has 0 aliphatic heterocycles. The first-order valence-corrected chi connectivity index (χ1v) is 6.33. The van der Waals surface area contributed by atoms with E-state index in [2.05, 4.69) is 5.32 Å². The SMILES string of the molecule is NC1CCCC(NCCCC2CC2)C1. The van der Waals surface area contributed by atoms with Gasteiger partial charge in [0.25, 0.3) is 0 Å². The van der Waals surface area contributed by atoms with Gasteiger partial charge in [0, 0.05) is 12.1 Å². The van der Waals surface area contributed by atoms with Crippen LogP contribution in [-0.2, 0) is 0 Å². The van der Waals surface area contributed by atoms with Crippen molar-refractivity contribution in [1.82, 2.24) is 5.32 Å². The smallest absolute Gasteiger partial charge is 0.00818 e. The van der Waals surface area contributed by atoms with Crippen LogP contribution in [0.4, 0.5) is 0 Å². The van der Waals surface area contributed by atoms with Gasteiger partial charge in [0.15, 0.2) is 0 Å². The zero-order valence-electron chi connectivity index (χ0n) is 9.17. The van der Waals surface area contributed by atoms with E-state index in [4.69, 9.17) is 5.73 Å². The van der Waals surface area contributed by atoms with Gasteiger partial charge >= 0.3 is 0 Å². The molecule has 2 rings (SSSR count). The van der Waals surface area contributed by atoms with E-state index >= 15 is 0 Å². The Kier molecular flexibility index (Phi) is 3.82. The van der Waals surface area contributed by atoms with Crippen molar-refractivity contribution >= 4 is 0 Å². The van der Waals surface area contributed by atoms with Crippen LogP contribution in [-0.4, -0.2) is 18.6 Å². The van der Waals surface area contributed by atoms with Gasteiger partial charge in [0.05, 0.1) is 0 Å². The van der Waals surface area contributed by atoms with E-state index in [1.807, 2.05) is 0 Å². The lowest BCUT2D eigenvalue weighted by molar-refractivity contribution is 0.337. The molecular weight excluding hydrogens is 172 g/mol. The Morgan fingerprint density at radius 3 is 2.71 bits per heavy atom. The third-order valence-corrected chi connectivity index (χ3v) is 3.63. The van der Waals surface area contributed by atoms with Crippen molar-refractivity contribution in [3.63, 3.8) is 0 Å². The molecule has 2 atom stereocenters. The lowest BCUT2D eigenvalue weighted by Crippen LogP contribution is -2.39. The number of nitrogens with one attached hydrogen (secondary N) is 1. The van der Waals surface area contributed by atoms with Crippen molar-refractivity contribution in [2.45, 2.75) is 63.5 Å². The second kappa shape index (κ2) is 5.13. The monoisotopic (exact) mass is 196 g/mol. The molecule has 0 spiro atoms. The predicted octanol–water partition coefficient (Wildman–Crippen LogP) is 2.04. The van der Waals surface area contributed by atoms with Gasteiger partial charge in [-0.1, -0.05) is 19.3 Å². The van der Waals surface area contributed by atoms with E-state index in [0.717, 1.165) is 12.0 Å². The van der Waals surface area contributed by atoms with E-state index in [0.29, 0.717) is 6.04 Å². The fourth-order valence-electron chi connectivity index (χ4n) is 2.52. The van der Waals surface area contributed by atoms with Crippen LogP contribution in [0.15, 0.2) is 0 Å². The highest BCUT2D eigenvalue weighted by Gasteiger charge is 2.21. The Morgan fingerprint density at radius 2 is 2.00 bits per heavy atom. The standard InChI is InChI=1S/C12H24N2/c13-11-4-1-5-12(9-11)14-8-2-3-10-6-7-10/h10-12,14H,1-9,13H2. The van der Waals surface area contributed by atoms with Gasteiger partial charge in [-0.3, -0.25) is 0 Å². The summed E-state index contributed by atoms with van der Waals surface area (Å²) in [5.41, 5.74) is 5.95. The number of hydrogen-bond donors (Lipinski definition) is 2. The van der Waals surface area contributed by atoms with Crippen molar-refractivity contribution < 1.29 is 0 Å². The first-order valence-electron chi connectivity index (χ1n) is 6.33. The Bertz CT molecular complexity index is 166. The molecule has 0 radical (unpaired) electrons. The zero-order chi connectivity index (χ0) is 9.80. The molecule has 2 aliphatic rings. The predicted molar refractivity (Wildman–Crippen MR) is 60.2 cm³/mol. The fourth-order valence-corrected chi connectivity index (χ4v) is 2.52. The second-order valence-electron chi connectivity index (χ2n) is 5.16. The summed E-state index contributed by atoms with van der Waals surface area (Å²) in [5, 5.41) is 3.66. The summed E-state index contributed by atoms with van der Waals surface area (Å²) in [6.45, 7) is 1.22. The first kappa shape index (κ1) is 10.4. The van der Waals surface area contributed by atoms with Gasteiger partial charge < -0.3 is 11.1 Å². The van der Waals surface area contributed by atoms with Gasteiger partial charge in [-0.2, -0.15) is 0 Å². The van der Waals surface area contributed by atoms with Crippen LogP contribution in [0.2, 0.25) is 0 Å². The molecule has 82 valence electrons. The van der Waals surface area contributed by atoms with E-state index in [1.54, 1.807) is 0 Å². The fraction of sp³-hybridized carbons (Fsp3) is 1.00. The lowest BCUT2D eigenvalue weighted by atomic mass is 9.91. The van der Waals surface area contributed by atoms with Crippen molar-refractivity contribution in [2.24, 2.45) is 11.7 Å². The van der Waals surface area contributed by atoms with E-state index in [9.17, 15) is 0 Å². The maximum absolute atomic E-state index is 5.95. The van der Waals surface area contributed by atoms with Crippen LogP contribution in [0, 0.1) is 5.92 Å². The minimum atomic E-state index is 0.463. The molecule has 2 aliphatic carbocycles. The third kappa shape index (κ3) is 3.58. The van der Waals surface area contributed by atoms with Gasteiger partial charge in [0.2, 0.25) is 0 Å². The van der Waals surface area contributed by atoms with Gasteiger partial charge in [-0.25, -0.2) is 0 Å². The molecule has 0 aromatic rings. The molecule has 0 amide bonds.